The molecule has 1 aliphatic rings. The maximum Gasteiger partial charge on any atom is 0.305 e. The number of anilines is 2. The summed E-state index contributed by atoms with van der Waals surface area (Å²) in [4.78, 5) is 25.4. The number of amides is 1. The van der Waals surface area contributed by atoms with E-state index in [0.29, 0.717) is 30.8 Å². The van der Waals surface area contributed by atoms with Gasteiger partial charge in [-0.1, -0.05) is 18.5 Å². The Kier molecular flexibility index (Phi) is 5.07. The maximum atomic E-state index is 12.5. The Morgan fingerprint density at radius 1 is 1.48 bits per heavy atom. The summed E-state index contributed by atoms with van der Waals surface area (Å²) in [5, 5.41) is 3.84. The molecular formula is C15H19ClN2O3. The molecule has 1 aromatic rings. The Labute approximate surface area is 129 Å². The minimum Gasteiger partial charge on any atom is -0.469 e. The lowest BCUT2D eigenvalue weighted by Gasteiger charge is -2.35. The summed E-state index contributed by atoms with van der Waals surface area (Å²) in [6.45, 7) is 2.44. The SMILES string of the molecule is CCC1Nc2cc(Cl)ccc2N(CCCC(=O)OC)C1=O. The van der Waals surface area contributed by atoms with Gasteiger partial charge in [0.1, 0.15) is 6.04 Å². The zero-order valence-electron chi connectivity index (χ0n) is 12.2. The highest BCUT2D eigenvalue weighted by molar-refractivity contribution is 6.31. The number of carbonyl (C=O) groups is 2. The van der Waals surface area contributed by atoms with Crippen molar-refractivity contribution in [1.82, 2.24) is 0 Å². The van der Waals surface area contributed by atoms with Crippen LogP contribution in [0, 0.1) is 0 Å². The molecule has 0 saturated carbocycles. The fraction of sp³-hybridized carbons (Fsp3) is 0.467. The van der Waals surface area contributed by atoms with Crippen LogP contribution in [0.3, 0.4) is 0 Å². The number of halogens is 1. The Morgan fingerprint density at radius 3 is 2.90 bits per heavy atom. The quantitative estimate of drug-likeness (QED) is 0.850. The number of hydrogen-bond acceptors (Lipinski definition) is 4. The van der Waals surface area contributed by atoms with Crippen molar-refractivity contribution in [3.05, 3.63) is 23.2 Å². The molecule has 0 radical (unpaired) electrons. The molecule has 0 aliphatic carbocycles. The van der Waals surface area contributed by atoms with Gasteiger partial charge in [-0.2, -0.15) is 0 Å². The molecule has 0 bridgehead atoms. The average Bonchev–Trinajstić information content (AvgIpc) is 2.48. The molecular weight excluding hydrogens is 292 g/mol. The summed E-state index contributed by atoms with van der Waals surface area (Å²) in [5.74, 6) is -0.238. The number of benzene rings is 1. The van der Waals surface area contributed by atoms with E-state index in [4.69, 9.17) is 11.6 Å². The van der Waals surface area contributed by atoms with E-state index >= 15 is 0 Å². The fourth-order valence-electron chi connectivity index (χ4n) is 2.41. The van der Waals surface area contributed by atoms with Crippen LogP contribution in [0.25, 0.3) is 0 Å². The van der Waals surface area contributed by atoms with Crippen LogP contribution in [0.15, 0.2) is 18.2 Å². The third-order valence-electron chi connectivity index (χ3n) is 3.54. The van der Waals surface area contributed by atoms with E-state index in [1.165, 1.54) is 7.11 Å². The van der Waals surface area contributed by atoms with Crippen LogP contribution in [0.1, 0.15) is 26.2 Å². The van der Waals surface area contributed by atoms with E-state index in [0.717, 1.165) is 11.4 Å². The van der Waals surface area contributed by atoms with E-state index in [1.54, 1.807) is 11.0 Å². The van der Waals surface area contributed by atoms with Gasteiger partial charge < -0.3 is 15.0 Å². The largest absolute Gasteiger partial charge is 0.469 e. The van der Waals surface area contributed by atoms with Crippen molar-refractivity contribution in [2.24, 2.45) is 0 Å². The van der Waals surface area contributed by atoms with Crippen LogP contribution in [-0.4, -0.2) is 31.6 Å². The van der Waals surface area contributed by atoms with Gasteiger partial charge in [0.15, 0.2) is 0 Å². The minimum absolute atomic E-state index is 0.0252. The van der Waals surface area contributed by atoms with Crippen molar-refractivity contribution in [2.45, 2.75) is 32.2 Å². The van der Waals surface area contributed by atoms with Crippen molar-refractivity contribution in [3.63, 3.8) is 0 Å². The number of nitrogens with one attached hydrogen (secondary N) is 1. The number of hydrogen-bond donors (Lipinski definition) is 1. The first-order valence-corrected chi connectivity index (χ1v) is 7.39. The molecule has 1 heterocycles. The molecule has 0 spiro atoms. The van der Waals surface area contributed by atoms with Crippen molar-refractivity contribution in [2.75, 3.05) is 23.9 Å². The average molecular weight is 311 g/mol. The lowest BCUT2D eigenvalue weighted by Crippen LogP contribution is -2.47. The van der Waals surface area contributed by atoms with E-state index in [-0.39, 0.29) is 17.9 Å². The molecule has 114 valence electrons. The Bertz CT molecular complexity index is 548. The molecule has 0 aromatic heterocycles. The third-order valence-corrected chi connectivity index (χ3v) is 3.78. The van der Waals surface area contributed by atoms with Gasteiger partial charge in [0.25, 0.3) is 0 Å². The van der Waals surface area contributed by atoms with Crippen molar-refractivity contribution in [3.8, 4) is 0 Å². The summed E-state index contributed by atoms with van der Waals surface area (Å²) < 4.78 is 4.62. The topological polar surface area (TPSA) is 58.6 Å². The van der Waals surface area contributed by atoms with Crippen LogP contribution >= 0.6 is 11.6 Å². The van der Waals surface area contributed by atoms with Gasteiger partial charge in [0, 0.05) is 18.0 Å². The minimum atomic E-state index is -0.263. The molecule has 2 rings (SSSR count). The Hall–Kier alpha value is -1.75. The van der Waals surface area contributed by atoms with E-state index in [9.17, 15) is 9.59 Å². The van der Waals surface area contributed by atoms with Crippen LogP contribution in [0.5, 0.6) is 0 Å². The second-order valence-electron chi connectivity index (χ2n) is 4.94. The number of esters is 1. The predicted octanol–water partition coefficient (Wildman–Crippen LogP) is 2.83. The number of nitrogens with zero attached hydrogens (tertiary/aromatic N) is 1. The molecule has 1 atom stereocenters. The summed E-state index contributed by atoms with van der Waals surface area (Å²) in [6.07, 6.45) is 1.56. The summed E-state index contributed by atoms with van der Waals surface area (Å²) >= 11 is 6.01. The van der Waals surface area contributed by atoms with Gasteiger partial charge in [0.2, 0.25) is 5.91 Å². The zero-order valence-corrected chi connectivity index (χ0v) is 12.9. The molecule has 1 aromatic carbocycles. The number of rotatable bonds is 5. The summed E-state index contributed by atoms with van der Waals surface area (Å²) in [6, 6.07) is 5.15. The second kappa shape index (κ2) is 6.80. The normalized spacial score (nSPS) is 17.2. The fourth-order valence-corrected chi connectivity index (χ4v) is 2.58. The van der Waals surface area contributed by atoms with E-state index < -0.39 is 0 Å². The second-order valence-corrected chi connectivity index (χ2v) is 5.37. The third kappa shape index (κ3) is 3.47. The molecule has 1 aliphatic heterocycles. The van der Waals surface area contributed by atoms with Crippen molar-refractivity contribution in [1.29, 1.82) is 0 Å². The number of methoxy groups -OCH3 is 1. The van der Waals surface area contributed by atoms with Crippen LogP contribution < -0.4 is 10.2 Å². The molecule has 1 N–H and O–H groups in total. The van der Waals surface area contributed by atoms with Gasteiger partial charge in [-0.05, 0) is 31.0 Å². The molecule has 1 amide bonds. The Balaban J connectivity index is 2.18. The van der Waals surface area contributed by atoms with Crippen molar-refractivity contribution >= 4 is 34.9 Å². The first-order valence-electron chi connectivity index (χ1n) is 7.01. The molecule has 21 heavy (non-hydrogen) atoms. The standard InChI is InChI=1S/C15H19ClN2O3/c1-3-11-15(20)18(8-4-5-14(19)21-2)13-7-6-10(16)9-12(13)17-11/h6-7,9,11,17H,3-5,8H2,1-2H3. The Morgan fingerprint density at radius 2 is 2.24 bits per heavy atom. The van der Waals surface area contributed by atoms with Crippen molar-refractivity contribution < 1.29 is 14.3 Å². The van der Waals surface area contributed by atoms with Gasteiger partial charge in [-0.15, -0.1) is 0 Å². The first kappa shape index (κ1) is 15.6. The molecule has 6 heteroatoms. The van der Waals surface area contributed by atoms with E-state index in [1.807, 2.05) is 19.1 Å². The lowest BCUT2D eigenvalue weighted by molar-refractivity contribution is -0.140. The summed E-state index contributed by atoms with van der Waals surface area (Å²) in [7, 11) is 1.36. The zero-order chi connectivity index (χ0) is 15.4. The van der Waals surface area contributed by atoms with Crippen LogP contribution in [-0.2, 0) is 14.3 Å². The highest BCUT2D eigenvalue weighted by Gasteiger charge is 2.31. The molecule has 0 fully saturated rings. The number of carbonyl (C=O) groups excluding carboxylic acids is 2. The molecule has 0 saturated heterocycles. The highest BCUT2D eigenvalue weighted by atomic mass is 35.5. The van der Waals surface area contributed by atoms with Gasteiger partial charge in [0.05, 0.1) is 18.5 Å². The summed E-state index contributed by atoms with van der Waals surface area (Å²) in [5.41, 5.74) is 1.66. The number of fused-ring (bicyclic) bond motifs is 1. The smallest absolute Gasteiger partial charge is 0.305 e. The number of ether oxygens (including phenoxy) is 1. The van der Waals surface area contributed by atoms with Gasteiger partial charge in [-0.25, -0.2) is 0 Å². The van der Waals surface area contributed by atoms with E-state index in [2.05, 4.69) is 10.1 Å². The molecule has 1 unspecified atom stereocenters. The first-order chi connectivity index (χ1) is 10.1. The monoisotopic (exact) mass is 310 g/mol. The van der Waals surface area contributed by atoms with Gasteiger partial charge >= 0.3 is 5.97 Å². The maximum absolute atomic E-state index is 12.5. The predicted molar refractivity (Wildman–Crippen MR) is 82.8 cm³/mol. The highest BCUT2D eigenvalue weighted by Crippen LogP contribution is 2.34. The van der Waals surface area contributed by atoms with Crippen LogP contribution in [0.2, 0.25) is 5.02 Å². The van der Waals surface area contributed by atoms with Gasteiger partial charge in [-0.3, -0.25) is 9.59 Å². The lowest BCUT2D eigenvalue weighted by atomic mass is 10.1. The van der Waals surface area contributed by atoms with Crippen LogP contribution in [0.4, 0.5) is 11.4 Å². The molecule has 5 nitrogen and oxygen atoms in total.